The van der Waals surface area contributed by atoms with Crippen LogP contribution in [-0.2, 0) is 11.3 Å². The number of ketones is 1. The number of carbonyl (C=O) groups is 1. The Balaban J connectivity index is 1.34. The van der Waals surface area contributed by atoms with Gasteiger partial charge in [-0.1, -0.05) is 18.6 Å². The highest BCUT2D eigenvalue weighted by molar-refractivity contribution is 5.82. The van der Waals surface area contributed by atoms with Crippen LogP contribution >= 0.6 is 0 Å². The van der Waals surface area contributed by atoms with Gasteiger partial charge in [0.25, 0.3) is 6.43 Å². The first-order valence-corrected chi connectivity index (χ1v) is 11.5. The fourth-order valence-electron chi connectivity index (χ4n) is 7.70. The van der Waals surface area contributed by atoms with Crippen LogP contribution in [0.25, 0.3) is 0 Å². The van der Waals surface area contributed by atoms with E-state index in [0.29, 0.717) is 42.4 Å². The Hall–Kier alpha value is -1.56. The van der Waals surface area contributed by atoms with Crippen molar-refractivity contribution in [2.45, 2.75) is 76.9 Å². The highest BCUT2D eigenvalue weighted by Gasteiger charge is 2.58. The third-order valence-corrected chi connectivity index (χ3v) is 9.23. The SMILES string of the molecule is C[C@]12CC[C@H]3[C@@H](CC=C4C[C@@](O)(C(F)F)CC[C@@H]43)[C@@H]1CCC2C(=O)Cn1ccnc1. The standard InChI is InChI=1S/C24H32F2N2O2/c1-23-8-6-17-16-7-9-24(30,22(25)26)12-15(16)2-3-18(17)19(23)4-5-20(23)21(29)13-28-11-10-27-14-28/h2,10-11,14,16-20,22,30H,3-9,12-13H2,1H3/t16-,17+,18+,19-,20?,23-,24+/m0/s1. The summed E-state index contributed by atoms with van der Waals surface area (Å²) in [6.45, 7) is 2.73. The highest BCUT2D eigenvalue weighted by Crippen LogP contribution is 2.63. The van der Waals surface area contributed by atoms with Crippen LogP contribution < -0.4 is 0 Å². The number of nitrogens with zero attached hydrogens (tertiary/aromatic N) is 2. The van der Waals surface area contributed by atoms with Crippen LogP contribution in [0.3, 0.4) is 0 Å². The van der Waals surface area contributed by atoms with Gasteiger partial charge in [-0.2, -0.15) is 0 Å². The largest absolute Gasteiger partial charge is 0.384 e. The predicted molar refractivity (Wildman–Crippen MR) is 109 cm³/mol. The molecule has 7 atom stereocenters. The lowest BCUT2D eigenvalue weighted by Gasteiger charge is -2.54. The maximum atomic E-state index is 13.4. The molecule has 0 bridgehead atoms. The number of alkyl halides is 2. The quantitative estimate of drug-likeness (QED) is 0.725. The maximum absolute atomic E-state index is 13.4. The fourth-order valence-corrected chi connectivity index (χ4v) is 7.70. The lowest BCUT2D eigenvalue weighted by atomic mass is 9.51. The van der Waals surface area contributed by atoms with Gasteiger partial charge in [-0.3, -0.25) is 4.79 Å². The predicted octanol–water partition coefficient (Wildman–Crippen LogP) is 4.64. The monoisotopic (exact) mass is 418 g/mol. The Bertz CT molecular complexity index is 838. The van der Waals surface area contributed by atoms with Crippen molar-refractivity contribution in [3.63, 3.8) is 0 Å². The molecule has 0 aromatic carbocycles. The number of hydrogen-bond acceptors (Lipinski definition) is 3. The van der Waals surface area contributed by atoms with Crippen LogP contribution in [0.1, 0.15) is 58.3 Å². The summed E-state index contributed by atoms with van der Waals surface area (Å²) in [5.41, 5.74) is -0.723. The van der Waals surface area contributed by atoms with E-state index in [4.69, 9.17) is 0 Å². The van der Waals surface area contributed by atoms with Crippen LogP contribution in [0.4, 0.5) is 8.78 Å². The molecule has 164 valence electrons. The Morgan fingerprint density at radius 2 is 2.10 bits per heavy atom. The molecule has 1 aromatic rings. The zero-order valence-corrected chi connectivity index (χ0v) is 17.6. The molecular formula is C24H32F2N2O2. The number of rotatable bonds is 4. The molecule has 3 fully saturated rings. The average Bonchev–Trinajstić information content (AvgIpc) is 3.34. The van der Waals surface area contributed by atoms with Gasteiger partial charge in [0, 0.05) is 24.7 Å². The number of allylic oxidation sites excluding steroid dienone is 1. The lowest BCUT2D eigenvalue weighted by molar-refractivity contribution is -0.131. The Morgan fingerprint density at radius 1 is 1.27 bits per heavy atom. The van der Waals surface area contributed by atoms with Gasteiger partial charge >= 0.3 is 0 Å². The molecule has 4 aliphatic rings. The van der Waals surface area contributed by atoms with E-state index in [2.05, 4.69) is 18.0 Å². The third-order valence-electron chi connectivity index (χ3n) is 9.23. The first-order valence-electron chi connectivity index (χ1n) is 11.5. The second kappa shape index (κ2) is 7.25. The summed E-state index contributed by atoms with van der Waals surface area (Å²) in [4.78, 5) is 17.2. The number of aromatic nitrogens is 2. The van der Waals surface area contributed by atoms with Crippen molar-refractivity contribution in [3.05, 3.63) is 30.4 Å². The maximum Gasteiger partial charge on any atom is 0.267 e. The van der Waals surface area contributed by atoms with Gasteiger partial charge in [0.05, 0.1) is 12.9 Å². The van der Waals surface area contributed by atoms with E-state index in [9.17, 15) is 18.7 Å². The molecule has 0 aliphatic heterocycles. The molecule has 0 amide bonds. The molecule has 4 aliphatic carbocycles. The third kappa shape index (κ3) is 3.09. The summed E-state index contributed by atoms with van der Waals surface area (Å²) in [6.07, 6.45) is 10.8. The average molecular weight is 419 g/mol. The molecule has 6 heteroatoms. The smallest absolute Gasteiger partial charge is 0.267 e. The molecule has 3 saturated carbocycles. The second-order valence-electron chi connectivity index (χ2n) is 10.6. The molecule has 0 radical (unpaired) electrons. The highest BCUT2D eigenvalue weighted by atomic mass is 19.3. The van der Waals surface area contributed by atoms with Crippen molar-refractivity contribution < 1.29 is 18.7 Å². The minimum Gasteiger partial charge on any atom is -0.384 e. The van der Waals surface area contributed by atoms with Gasteiger partial charge in [0.15, 0.2) is 5.78 Å². The molecule has 5 rings (SSSR count). The first kappa shape index (κ1) is 20.3. The van der Waals surface area contributed by atoms with Gasteiger partial charge in [-0.15, -0.1) is 0 Å². The number of aliphatic hydroxyl groups is 1. The van der Waals surface area contributed by atoms with Crippen molar-refractivity contribution in [1.82, 2.24) is 9.55 Å². The van der Waals surface area contributed by atoms with Crippen molar-refractivity contribution in [2.75, 3.05) is 0 Å². The molecule has 0 saturated heterocycles. The van der Waals surface area contributed by atoms with Crippen molar-refractivity contribution >= 4 is 5.78 Å². The minimum absolute atomic E-state index is 0.0442. The molecule has 30 heavy (non-hydrogen) atoms. The first-order chi connectivity index (χ1) is 14.3. The summed E-state index contributed by atoms with van der Waals surface area (Å²) in [5, 5.41) is 10.3. The number of carbonyl (C=O) groups excluding carboxylic acids is 1. The molecule has 1 unspecified atom stereocenters. The van der Waals surface area contributed by atoms with E-state index in [1.165, 1.54) is 0 Å². The minimum atomic E-state index is -2.68. The van der Waals surface area contributed by atoms with Gasteiger partial charge in [-0.25, -0.2) is 13.8 Å². The Morgan fingerprint density at radius 3 is 2.83 bits per heavy atom. The van der Waals surface area contributed by atoms with Crippen LogP contribution in [-0.4, -0.2) is 32.5 Å². The number of fused-ring (bicyclic) bond motifs is 5. The Kier molecular flexibility index (Phi) is 4.92. The zero-order chi connectivity index (χ0) is 21.1. The molecule has 1 aromatic heterocycles. The van der Waals surface area contributed by atoms with E-state index in [0.717, 1.165) is 37.7 Å². The summed E-state index contributed by atoms with van der Waals surface area (Å²) < 4.78 is 28.6. The number of hydrogen-bond donors (Lipinski definition) is 1. The summed E-state index contributed by atoms with van der Waals surface area (Å²) in [7, 11) is 0. The number of Topliss-reactive ketones (excluding diaryl/α,β-unsaturated/α-hetero) is 1. The van der Waals surface area contributed by atoms with Gasteiger partial charge in [-0.05, 0) is 74.0 Å². The van der Waals surface area contributed by atoms with E-state index < -0.39 is 12.0 Å². The normalized spacial score (nSPS) is 43.0. The van der Waals surface area contributed by atoms with E-state index >= 15 is 0 Å². The van der Waals surface area contributed by atoms with Gasteiger partial charge in [0.2, 0.25) is 0 Å². The van der Waals surface area contributed by atoms with Crippen molar-refractivity contribution in [1.29, 1.82) is 0 Å². The molecule has 0 spiro atoms. The van der Waals surface area contributed by atoms with Crippen LogP contribution in [0.5, 0.6) is 0 Å². The molecule has 1 heterocycles. The van der Waals surface area contributed by atoms with Crippen LogP contribution in [0.2, 0.25) is 0 Å². The van der Waals surface area contributed by atoms with Crippen LogP contribution in [0, 0.1) is 35.0 Å². The Labute approximate surface area is 176 Å². The zero-order valence-electron chi connectivity index (χ0n) is 17.6. The van der Waals surface area contributed by atoms with Crippen molar-refractivity contribution in [2.24, 2.45) is 35.0 Å². The summed E-state index contributed by atoms with van der Waals surface area (Å²) in [5.74, 6) is 2.36. The summed E-state index contributed by atoms with van der Waals surface area (Å²) in [6, 6.07) is 0. The fraction of sp³-hybridized carbons (Fsp3) is 0.750. The van der Waals surface area contributed by atoms with Gasteiger partial charge < -0.3 is 9.67 Å². The van der Waals surface area contributed by atoms with Gasteiger partial charge in [0.1, 0.15) is 5.60 Å². The van der Waals surface area contributed by atoms with Crippen molar-refractivity contribution in [3.8, 4) is 0 Å². The summed E-state index contributed by atoms with van der Waals surface area (Å²) >= 11 is 0. The molecular weight excluding hydrogens is 386 g/mol. The number of imidazole rings is 1. The topological polar surface area (TPSA) is 55.1 Å². The molecule has 4 nitrogen and oxygen atoms in total. The lowest BCUT2D eigenvalue weighted by Crippen LogP contribution is -2.50. The van der Waals surface area contributed by atoms with E-state index in [1.54, 1.807) is 12.5 Å². The second-order valence-corrected chi connectivity index (χ2v) is 10.6. The number of halogens is 2. The van der Waals surface area contributed by atoms with E-state index in [-0.39, 0.29) is 24.2 Å². The van der Waals surface area contributed by atoms with Crippen LogP contribution in [0.15, 0.2) is 30.4 Å². The molecule has 1 N–H and O–H groups in total. The van der Waals surface area contributed by atoms with E-state index in [1.807, 2.05) is 10.8 Å².